The number of nitrogens with zero attached hydrogens (tertiary/aromatic N) is 2. The van der Waals surface area contributed by atoms with Crippen molar-refractivity contribution in [2.24, 2.45) is 0 Å². The van der Waals surface area contributed by atoms with Gasteiger partial charge in [-0.1, -0.05) is 24.3 Å². The molecule has 6 heteroatoms. The Morgan fingerprint density at radius 2 is 1.81 bits per heavy atom. The molecule has 0 fully saturated rings. The second-order valence-electron chi connectivity index (χ2n) is 4.43. The number of benzene rings is 2. The first-order valence-corrected chi connectivity index (χ1v) is 8.57. The summed E-state index contributed by atoms with van der Waals surface area (Å²) in [7, 11) is -3.67. The third-order valence-corrected chi connectivity index (χ3v) is 5.70. The zero-order valence-electron chi connectivity index (χ0n) is 10.7. The molecular formula is C15H9IN2O2S. The van der Waals surface area contributed by atoms with E-state index in [0.717, 1.165) is 8.96 Å². The molecule has 3 aromatic rings. The molecule has 0 amide bonds. The summed E-state index contributed by atoms with van der Waals surface area (Å²) in [4.78, 5) is 0.223. The molecule has 3 rings (SSSR count). The fraction of sp³-hybridized carbons (Fsp3) is 0. The van der Waals surface area contributed by atoms with Gasteiger partial charge in [0.1, 0.15) is 0 Å². The molecule has 21 heavy (non-hydrogen) atoms. The molecule has 0 bridgehead atoms. The van der Waals surface area contributed by atoms with Crippen LogP contribution in [0.25, 0.3) is 10.9 Å². The summed E-state index contributed by atoms with van der Waals surface area (Å²) in [6.07, 6.45) is 1.58. The Labute approximate surface area is 135 Å². The number of rotatable bonds is 2. The number of aromatic nitrogens is 1. The van der Waals surface area contributed by atoms with Crippen molar-refractivity contribution < 1.29 is 8.42 Å². The van der Waals surface area contributed by atoms with Crippen LogP contribution >= 0.6 is 22.6 Å². The summed E-state index contributed by atoms with van der Waals surface area (Å²) >= 11 is 2.09. The molecule has 0 radical (unpaired) electrons. The lowest BCUT2D eigenvalue weighted by Gasteiger charge is -2.07. The van der Waals surface area contributed by atoms with E-state index >= 15 is 0 Å². The maximum Gasteiger partial charge on any atom is 0.268 e. The van der Waals surface area contributed by atoms with E-state index in [1.165, 1.54) is 3.97 Å². The van der Waals surface area contributed by atoms with Crippen LogP contribution in [0.3, 0.4) is 0 Å². The van der Waals surface area contributed by atoms with Gasteiger partial charge in [0.15, 0.2) is 0 Å². The van der Waals surface area contributed by atoms with Crippen LogP contribution in [0.2, 0.25) is 0 Å². The highest BCUT2D eigenvalue weighted by molar-refractivity contribution is 14.1. The Bertz CT molecular complexity index is 970. The van der Waals surface area contributed by atoms with Crippen molar-refractivity contribution in [3.63, 3.8) is 0 Å². The van der Waals surface area contributed by atoms with E-state index in [-0.39, 0.29) is 4.90 Å². The zero-order chi connectivity index (χ0) is 15.0. The summed E-state index contributed by atoms with van der Waals surface area (Å²) in [5.74, 6) is 0. The molecule has 0 saturated heterocycles. The summed E-state index contributed by atoms with van der Waals surface area (Å²) in [5.41, 5.74) is 0.948. The van der Waals surface area contributed by atoms with Gasteiger partial charge < -0.3 is 0 Å². The highest BCUT2D eigenvalue weighted by Crippen LogP contribution is 2.27. The molecule has 1 heterocycles. The molecule has 0 unspecified atom stereocenters. The maximum absolute atomic E-state index is 12.7. The first-order valence-electron chi connectivity index (χ1n) is 6.05. The molecule has 0 saturated carbocycles. The second kappa shape index (κ2) is 5.16. The molecule has 2 aromatic carbocycles. The van der Waals surface area contributed by atoms with Crippen molar-refractivity contribution in [2.75, 3.05) is 0 Å². The average molecular weight is 408 g/mol. The smallest absolute Gasteiger partial charge is 0.240 e. The molecule has 1 aromatic heterocycles. The van der Waals surface area contributed by atoms with Gasteiger partial charge in [0.05, 0.1) is 22.0 Å². The van der Waals surface area contributed by atoms with Gasteiger partial charge in [-0.3, -0.25) is 0 Å². The van der Waals surface area contributed by atoms with Gasteiger partial charge in [-0.2, -0.15) is 5.26 Å². The average Bonchev–Trinajstić information content (AvgIpc) is 2.85. The molecule has 0 aliphatic carbocycles. The summed E-state index contributed by atoms with van der Waals surface area (Å²) in [6, 6.07) is 15.3. The second-order valence-corrected chi connectivity index (χ2v) is 7.41. The molecule has 0 N–H and O–H groups in total. The summed E-state index contributed by atoms with van der Waals surface area (Å²) in [5, 5.41) is 9.82. The maximum atomic E-state index is 12.7. The quantitative estimate of drug-likeness (QED) is 0.611. The lowest BCUT2D eigenvalue weighted by molar-refractivity contribution is 0.589. The van der Waals surface area contributed by atoms with Gasteiger partial charge >= 0.3 is 0 Å². The predicted octanol–water partition coefficient (Wildman–Crippen LogP) is 3.35. The van der Waals surface area contributed by atoms with Gasteiger partial charge in [-0.25, -0.2) is 12.4 Å². The van der Waals surface area contributed by atoms with Crippen molar-refractivity contribution in [2.45, 2.75) is 4.90 Å². The van der Waals surface area contributed by atoms with Crippen molar-refractivity contribution in [3.8, 4) is 6.07 Å². The van der Waals surface area contributed by atoms with Gasteiger partial charge in [-0.05, 0) is 46.9 Å². The fourth-order valence-electron chi connectivity index (χ4n) is 2.13. The SMILES string of the molecule is N#Cc1ccc2c(I)cn(S(=O)(=O)c3ccccc3)c2c1. The van der Waals surface area contributed by atoms with Crippen LogP contribution in [0.4, 0.5) is 0 Å². The number of halogens is 1. The largest absolute Gasteiger partial charge is 0.268 e. The van der Waals surface area contributed by atoms with E-state index in [1.807, 2.05) is 6.07 Å². The van der Waals surface area contributed by atoms with Crippen molar-refractivity contribution in [3.05, 3.63) is 63.9 Å². The Hall–Kier alpha value is -1.85. The first kappa shape index (κ1) is 14.1. The summed E-state index contributed by atoms with van der Waals surface area (Å²) in [6.45, 7) is 0. The minimum Gasteiger partial charge on any atom is -0.240 e. The number of hydrogen-bond donors (Lipinski definition) is 0. The number of nitriles is 1. The third kappa shape index (κ3) is 2.32. The Balaban J connectivity index is 2.33. The molecule has 0 spiro atoms. The van der Waals surface area contributed by atoms with E-state index in [0.29, 0.717) is 11.1 Å². The van der Waals surface area contributed by atoms with Crippen LogP contribution in [0.15, 0.2) is 59.6 Å². The predicted molar refractivity (Wildman–Crippen MR) is 88.4 cm³/mol. The standard InChI is InChI=1S/C15H9IN2O2S/c16-14-10-18(15-8-11(9-17)6-7-13(14)15)21(19,20)12-4-2-1-3-5-12/h1-8,10H. The molecular weight excluding hydrogens is 399 g/mol. The highest BCUT2D eigenvalue weighted by atomic mass is 127. The highest BCUT2D eigenvalue weighted by Gasteiger charge is 2.20. The van der Waals surface area contributed by atoms with Gasteiger partial charge in [0.2, 0.25) is 0 Å². The van der Waals surface area contributed by atoms with Crippen LogP contribution in [0.5, 0.6) is 0 Å². The Morgan fingerprint density at radius 3 is 2.48 bits per heavy atom. The molecule has 0 aliphatic heterocycles. The molecule has 0 atom stereocenters. The number of fused-ring (bicyclic) bond motifs is 1. The van der Waals surface area contributed by atoms with E-state index in [2.05, 4.69) is 22.6 Å². The van der Waals surface area contributed by atoms with Gasteiger partial charge in [-0.15, -0.1) is 0 Å². The van der Waals surface area contributed by atoms with Crippen LogP contribution in [-0.4, -0.2) is 12.4 Å². The first-order chi connectivity index (χ1) is 10.0. The van der Waals surface area contributed by atoms with Crippen LogP contribution < -0.4 is 0 Å². The fourth-order valence-corrected chi connectivity index (χ4v) is 4.44. The molecule has 4 nitrogen and oxygen atoms in total. The normalized spacial score (nSPS) is 11.4. The topological polar surface area (TPSA) is 62.9 Å². The van der Waals surface area contributed by atoms with Crippen LogP contribution in [-0.2, 0) is 10.0 Å². The number of hydrogen-bond acceptors (Lipinski definition) is 3. The minimum atomic E-state index is -3.67. The van der Waals surface area contributed by atoms with Crippen molar-refractivity contribution in [1.82, 2.24) is 3.97 Å². The van der Waals surface area contributed by atoms with Gasteiger partial charge in [0, 0.05) is 15.2 Å². The van der Waals surface area contributed by atoms with E-state index in [9.17, 15) is 8.42 Å². The molecule has 104 valence electrons. The summed E-state index contributed by atoms with van der Waals surface area (Å²) < 4.78 is 27.5. The van der Waals surface area contributed by atoms with E-state index < -0.39 is 10.0 Å². The van der Waals surface area contributed by atoms with Crippen molar-refractivity contribution >= 4 is 43.5 Å². The Morgan fingerprint density at radius 1 is 1.10 bits per heavy atom. The monoisotopic (exact) mass is 408 g/mol. The van der Waals surface area contributed by atoms with Crippen LogP contribution in [0.1, 0.15) is 5.56 Å². The van der Waals surface area contributed by atoms with Gasteiger partial charge in [0.25, 0.3) is 10.0 Å². The van der Waals surface area contributed by atoms with E-state index in [4.69, 9.17) is 5.26 Å². The third-order valence-electron chi connectivity index (χ3n) is 3.15. The molecule has 0 aliphatic rings. The minimum absolute atomic E-state index is 0.223. The van der Waals surface area contributed by atoms with E-state index in [1.54, 1.807) is 54.7 Å². The van der Waals surface area contributed by atoms with Crippen molar-refractivity contribution in [1.29, 1.82) is 5.26 Å². The lowest BCUT2D eigenvalue weighted by atomic mass is 10.2. The zero-order valence-corrected chi connectivity index (χ0v) is 13.7. The lowest BCUT2D eigenvalue weighted by Crippen LogP contribution is -2.11. The van der Waals surface area contributed by atoms with Crippen LogP contribution in [0, 0.1) is 14.9 Å². The Kier molecular flexibility index (Phi) is 3.47.